The lowest BCUT2D eigenvalue weighted by atomic mass is 10.1. The molecule has 0 spiro atoms. The lowest BCUT2D eigenvalue weighted by Crippen LogP contribution is -2.12. The highest BCUT2D eigenvalue weighted by atomic mass is 32.2. The van der Waals surface area contributed by atoms with Crippen molar-refractivity contribution in [2.75, 3.05) is 11.6 Å². The number of benzene rings is 3. The zero-order chi connectivity index (χ0) is 20.9. The summed E-state index contributed by atoms with van der Waals surface area (Å²) in [6.07, 6.45) is 1.04. The predicted octanol–water partition coefficient (Wildman–Crippen LogP) is 3.70. The maximum Gasteiger partial charge on any atom is 0.339 e. The maximum atomic E-state index is 12.3. The number of nitrogens with one attached hydrogen (secondary N) is 1. The van der Waals surface area contributed by atoms with Crippen LogP contribution in [-0.2, 0) is 21.2 Å². The van der Waals surface area contributed by atoms with Gasteiger partial charge in [0.05, 0.1) is 10.5 Å². The quantitative estimate of drug-likeness (QED) is 0.627. The molecule has 0 heterocycles. The van der Waals surface area contributed by atoms with Crippen LogP contribution in [0.25, 0.3) is 0 Å². The van der Waals surface area contributed by atoms with Gasteiger partial charge >= 0.3 is 5.97 Å². The van der Waals surface area contributed by atoms with Crippen LogP contribution < -0.4 is 5.32 Å². The number of amides is 1. The van der Waals surface area contributed by atoms with E-state index in [-0.39, 0.29) is 23.0 Å². The molecule has 148 valence electrons. The van der Waals surface area contributed by atoms with E-state index >= 15 is 0 Å². The number of rotatable bonds is 6. The summed E-state index contributed by atoms with van der Waals surface area (Å²) >= 11 is 0. The number of carbonyl (C=O) groups excluding carboxylic acids is 2. The first-order chi connectivity index (χ1) is 13.8. The Hall–Kier alpha value is -3.45. The Labute approximate surface area is 169 Å². The van der Waals surface area contributed by atoms with E-state index in [9.17, 15) is 18.0 Å². The smallest absolute Gasteiger partial charge is 0.339 e. The van der Waals surface area contributed by atoms with Gasteiger partial charge in [-0.1, -0.05) is 42.5 Å². The molecule has 29 heavy (non-hydrogen) atoms. The Morgan fingerprint density at radius 1 is 0.862 bits per heavy atom. The number of sulfone groups is 1. The van der Waals surface area contributed by atoms with Crippen LogP contribution in [0.4, 0.5) is 5.69 Å². The zero-order valence-electron chi connectivity index (χ0n) is 15.7. The molecule has 0 aliphatic rings. The van der Waals surface area contributed by atoms with Crippen molar-refractivity contribution >= 4 is 27.4 Å². The number of para-hydroxylation sites is 1. The molecule has 0 aliphatic carbocycles. The molecule has 0 saturated heterocycles. The van der Waals surface area contributed by atoms with Crippen molar-refractivity contribution in [3.05, 3.63) is 95.6 Å². The van der Waals surface area contributed by atoms with Crippen LogP contribution in [0.2, 0.25) is 0 Å². The van der Waals surface area contributed by atoms with Gasteiger partial charge in [0.1, 0.15) is 6.61 Å². The number of hydrogen-bond acceptors (Lipinski definition) is 5. The Morgan fingerprint density at radius 3 is 2.14 bits per heavy atom. The maximum absolute atomic E-state index is 12.3. The topological polar surface area (TPSA) is 89.5 Å². The lowest BCUT2D eigenvalue weighted by Gasteiger charge is -2.09. The first-order valence-corrected chi connectivity index (χ1v) is 10.7. The van der Waals surface area contributed by atoms with Gasteiger partial charge in [0.2, 0.25) is 0 Å². The van der Waals surface area contributed by atoms with Crippen molar-refractivity contribution in [2.24, 2.45) is 0 Å². The summed E-state index contributed by atoms with van der Waals surface area (Å²) in [5.41, 5.74) is 1.83. The minimum Gasteiger partial charge on any atom is -0.457 e. The van der Waals surface area contributed by atoms with Crippen LogP contribution >= 0.6 is 0 Å². The van der Waals surface area contributed by atoms with Crippen LogP contribution in [-0.4, -0.2) is 26.6 Å². The summed E-state index contributed by atoms with van der Waals surface area (Å²) in [6, 6.07) is 21.6. The fourth-order valence-corrected chi connectivity index (χ4v) is 3.54. The van der Waals surface area contributed by atoms with Gasteiger partial charge in [-0.3, -0.25) is 4.79 Å². The van der Waals surface area contributed by atoms with E-state index in [1.54, 1.807) is 48.5 Å². The molecule has 0 fully saturated rings. The van der Waals surface area contributed by atoms with Crippen molar-refractivity contribution in [1.82, 2.24) is 0 Å². The molecule has 3 rings (SSSR count). The molecule has 6 nitrogen and oxygen atoms in total. The summed E-state index contributed by atoms with van der Waals surface area (Å²) in [6.45, 7) is -0.0441. The van der Waals surface area contributed by atoms with Gasteiger partial charge in [-0.15, -0.1) is 0 Å². The minimum atomic E-state index is -3.55. The van der Waals surface area contributed by atoms with Gasteiger partial charge in [-0.25, -0.2) is 13.2 Å². The van der Waals surface area contributed by atoms with Gasteiger partial charge in [0.25, 0.3) is 5.91 Å². The zero-order valence-corrected chi connectivity index (χ0v) is 16.5. The molecular formula is C22H19NO5S. The highest BCUT2D eigenvalue weighted by molar-refractivity contribution is 7.90. The van der Waals surface area contributed by atoms with Crippen molar-refractivity contribution in [3.8, 4) is 0 Å². The lowest BCUT2D eigenvalue weighted by molar-refractivity contribution is 0.0468. The van der Waals surface area contributed by atoms with E-state index in [0.29, 0.717) is 16.8 Å². The monoisotopic (exact) mass is 409 g/mol. The second-order valence-corrected chi connectivity index (χ2v) is 8.35. The Morgan fingerprint density at radius 2 is 1.48 bits per heavy atom. The van der Waals surface area contributed by atoms with Gasteiger partial charge in [0, 0.05) is 17.5 Å². The van der Waals surface area contributed by atoms with Crippen LogP contribution in [0.1, 0.15) is 26.3 Å². The summed E-state index contributed by atoms with van der Waals surface area (Å²) in [4.78, 5) is 24.5. The number of carbonyl (C=O) groups is 2. The van der Waals surface area contributed by atoms with E-state index < -0.39 is 15.8 Å². The standard InChI is InChI=1S/C22H19NO5S/c1-29(26,27)20-10-6-5-9-19(20)22(25)28-15-16-11-13-17(14-12-16)21(24)23-18-7-3-2-4-8-18/h2-14H,15H2,1H3,(H,23,24). The Balaban J connectivity index is 1.64. The van der Waals surface area contributed by atoms with Gasteiger partial charge < -0.3 is 10.1 Å². The molecule has 0 aliphatic heterocycles. The Bertz CT molecular complexity index is 1120. The first-order valence-electron chi connectivity index (χ1n) is 8.76. The SMILES string of the molecule is CS(=O)(=O)c1ccccc1C(=O)OCc1ccc(C(=O)Nc2ccccc2)cc1. The molecule has 7 heteroatoms. The first kappa shape index (κ1) is 20.3. The van der Waals surface area contributed by atoms with Crippen LogP contribution in [0.15, 0.2) is 83.8 Å². The molecule has 1 amide bonds. The molecule has 0 atom stereocenters. The van der Waals surface area contributed by atoms with Crippen molar-refractivity contribution in [1.29, 1.82) is 0 Å². The third-order valence-electron chi connectivity index (χ3n) is 4.12. The van der Waals surface area contributed by atoms with Gasteiger partial charge in [0.15, 0.2) is 9.84 Å². The van der Waals surface area contributed by atoms with Crippen LogP contribution in [0, 0.1) is 0 Å². The van der Waals surface area contributed by atoms with E-state index in [0.717, 1.165) is 6.26 Å². The molecule has 0 saturated carbocycles. The third kappa shape index (κ3) is 5.30. The van der Waals surface area contributed by atoms with Crippen LogP contribution in [0.3, 0.4) is 0 Å². The summed E-state index contributed by atoms with van der Waals surface area (Å²) in [7, 11) is -3.55. The van der Waals surface area contributed by atoms with E-state index in [4.69, 9.17) is 4.74 Å². The van der Waals surface area contributed by atoms with Crippen molar-refractivity contribution in [2.45, 2.75) is 11.5 Å². The molecule has 1 N–H and O–H groups in total. The second-order valence-electron chi connectivity index (χ2n) is 6.36. The van der Waals surface area contributed by atoms with Gasteiger partial charge in [-0.05, 0) is 42.0 Å². The number of esters is 1. The van der Waals surface area contributed by atoms with Crippen molar-refractivity contribution < 1.29 is 22.7 Å². The largest absolute Gasteiger partial charge is 0.457 e. The van der Waals surface area contributed by atoms with E-state index in [2.05, 4.69) is 5.32 Å². The van der Waals surface area contributed by atoms with Crippen molar-refractivity contribution in [3.63, 3.8) is 0 Å². The number of anilines is 1. The molecule has 3 aromatic rings. The third-order valence-corrected chi connectivity index (χ3v) is 5.28. The molecule has 0 unspecified atom stereocenters. The normalized spacial score (nSPS) is 10.9. The fourth-order valence-electron chi connectivity index (χ4n) is 2.66. The average Bonchev–Trinajstić information content (AvgIpc) is 2.72. The van der Waals surface area contributed by atoms with E-state index in [1.165, 1.54) is 12.1 Å². The summed E-state index contributed by atoms with van der Waals surface area (Å²) < 4.78 is 28.9. The highest BCUT2D eigenvalue weighted by Crippen LogP contribution is 2.17. The molecule has 0 radical (unpaired) electrons. The molecule has 0 bridgehead atoms. The van der Waals surface area contributed by atoms with Gasteiger partial charge in [-0.2, -0.15) is 0 Å². The average molecular weight is 409 g/mol. The fraction of sp³-hybridized carbons (Fsp3) is 0.0909. The minimum absolute atomic E-state index is 0.00569. The Kier molecular flexibility index (Phi) is 6.09. The summed E-state index contributed by atoms with van der Waals surface area (Å²) in [5.74, 6) is -0.973. The van der Waals surface area contributed by atoms with E-state index in [1.807, 2.05) is 18.2 Å². The molecule has 3 aromatic carbocycles. The number of ether oxygens (including phenoxy) is 1. The number of hydrogen-bond donors (Lipinski definition) is 1. The summed E-state index contributed by atoms with van der Waals surface area (Å²) in [5, 5.41) is 2.79. The molecule has 0 aromatic heterocycles. The highest BCUT2D eigenvalue weighted by Gasteiger charge is 2.19. The predicted molar refractivity (Wildman–Crippen MR) is 110 cm³/mol. The second kappa shape index (κ2) is 8.70. The van der Waals surface area contributed by atoms with Crippen LogP contribution in [0.5, 0.6) is 0 Å². The molecular weight excluding hydrogens is 390 g/mol.